The molecular formula is C17H25NO10S. The number of carboxylic acids is 1. The molecule has 0 aromatic carbocycles. The van der Waals surface area contributed by atoms with Crippen LogP contribution < -0.4 is 5.32 Å². The van der Waals surface area contributed by atoms with E-state index in [0.29, 0.717) is 0 Å². The highest BCUT2D eigenvalue weighted by atomic mass is 32.2. The Morgan fingerprint density at radius 3 is 2.03 bits per heavy atom. The molecule has 29 heavy (non-hydrogen) atoms. The number of carboxylic acid groups (broad SMARTS) is 1. The molecule has 0 spiro atoms. The average Bonchev–Trinajstić information content (AvgIpc) is 2.56. The minimum absolute atomic E-state index is 0.140. The first-order valence-corrected chi connectivity index (χ1v) is 9.80. The van der Waals surface area contributed by atoms with Crippen LogP contribution in [0.2, 0.25) is 0 Å². The zero-order valence-corrected chi connectivity index (χ0v) is 17.4. The molecule has 0 radical (unpaired) electrons. The number of carbonyl (C=O) groups excluding carboxylic acids is 4. The predicted octanol–water partition coefficient (Wildman–Crippen LogP) is -0.150. The van der Waals surface area contributed by atoms with E-state index in [1.807, 2.05) is 0 Å². The van der Waals surface area contributed by atoms with E-state index in [-0.39, 0.29) is 18.8 Å². The first kappa shape index (κ1) is 24.7. The van der Waals surface area contributed by atoms with Crippen LogP contribution in [0.3, 0.4) is 0 Å². The second-order valence-electron chi connectivity index (χ2n) is 6.23. The molecule has 0 bridgehead atoms. The number of hydrogen-bond donors (Lipinski definition) is 2. The second-order valence-corrected chi connectivity index (χ2v) is 7.44. The molecule has 1 saturated heterocycles. The second kappa shape index (κ2) is 11.6. The van der Waals surface area contributed by atoms with Crippen LogP contribution in [0, 0.1) is 0 Å². The van der Waals surface area contributed by atoms with E-state index in [9.17, 15) is 24.0 Å². The van der Waals surface area contributed by atoms with Crippen molar-refractivity contribution in [2.45, 2.75) is 63.9 Å². The molecule has 0 aromatic rings. The molecule has 164 valence electrons. The summed E-state index contributed by atoms with van der Waals surface area (Å²) < 4.78 is 21.4. The van der Waals surface area contributed by atoms with Gasteiger partial charge in [0.05, 0.1) is 6.42 Å². The number of carbonyl (C=O) groups is 5. The van der Waals surface area contributed by atoms with E-state index in [1.54, 1.807) is 0 Å². The molecule has 1 aliphatic rings. The summed E-state index contributed by atoms with van der Waals surface area (Å²) in [5.41, 5.74) is -0.852. The Kier molecular flexibility index (Phi) is 9.89. The highest BCUT2D eigenvalue weighted by Crippen LogP contribution is 2.32. The molecule has 2 N–H and O–H groups in total. The van der Waals surface area contributed by atoms with Gasteiger partial charge in [0.1, 0.15) is 24.2 Å². The van der Waals surface area contributed by atoms with Gasteiger partial charge in [-0.2, -0.15) is 0 Å². The van der Waals surface area contributed by atoms with Gasteiger partial charge >= 0.3 is 23.9 Å². The molecule has 5 atom stereocenters. The minimum Gasteiger partial charge on any atom is -0.481 e. The van der Waals surface area contributed by atoms with Crippen molar-refractivity contribution in [1.29, 1.82) is 0 Å². The van der Waals surface area contributed by atoms with Crippen LogP contribution in [0.15, 0.2) is 0 Å². The summed E-state index contributed by atoms with van der Waals surface area (Å²) in [5, 5.41) is 11.5. The van der Waals surface area contributed by atoms with Gasteiger partial charge in [-0.05, 0) is 0 Å². The zero-order chi connectivity index (χ0) is 22.1. The molecule has 0 unspecified atom stereocenters. The van der Waals surface area contributed by atoms with Crippen LogP contribution in [0.1, 0.15) is 34.1 Å². The lowest BCUT2D eigenvalue weighted by Gasteiger charge is -2.45. The Morgan fingerprint density at radius 2 is 1.55 bits per heavy atom. The third-order valence-electron chi connectivity index (χ3n) is 3.67. The van der Waals surface area contributed by atoms with Crippen molar-refractivity contribution in [2.75, 3.05) is 12.4 Å². The maximum Gasteiger partial charge on any atom is 0.304 e. The third kappa shape index (κ3) is 8.69. The van der Waals surface area contributed by atoms with Crippen LogP contribution in [0.4, 0.5) is 0 Å². The Balaban J connectivity index is 3.22. The highest BCUT2D eigenvalue weighted by Gasteiger charge is 2.50. The Hall–Kier alpha value is -2.34. The van der Waals surface area contributed by atoms with Crippen molar-refractivity contribution in [3.8, 4) is 0 Å². The molecule has 1 fully saturated rings. The Morgan fingerprint density at radius 1 is 0.966 bits per heavy atom. The number of nitrogens with one attached hydrogen (secondary N) is 1. The largest absolute Gasteiger partial charge is 0.481 e. The van der Waals surface area contributed by atoms with E-state index in [4.69, 9.17) is 24.1 Å². The molecule has 11 nitrogen and oxygen atoms in total. The average molecular weight is 435 g/mol. The van der Waals surface area contributed by atoms with E-state index in [0.717, 1.165) is 25.6 Å². The number of ether oxygens (including phenoxy) is 4. The summed E-state index contributed by atoms with van der Waals surface area (Å²) in [7, 11) is 0. The summed E-state index contributed by atoms with van der Waals surface area (Å²) in [6, 6.07) is -0.937. The van der Waals surface area contributed by atoms with Crippen LogP contribution in [0.25, 0.3) is 0 Å². The fraction of sp³-hybridized carbons (Fsp3) is 0.706. The van der Waals surface area contributed by atoms with E-state index in [2.05, 4.69) is 5.32 Å². The summed E-state index contributed by atoms with van der Waals surface area (Å²) in [6.07, 6.45) is -3.47. The molecule has 0 aromatic heterocycles. The standard InChI is InChI=1S/C17H25NO10S/c1-8(19)18-14-16(27-11(4)22)15(26-10(3)21)12(7-25-9(2)20)28-17(14)29-6-5-13(23)24/h12,14-17H,5-7H2,1-4H3,(H,18,19)(H,23,24)/t12-,14-,15-,16-,17+/m1/s1. The number of esters is 3. The Bertz CT molecular complexity index is 640. The maximum atomic E-state index is 11.7. The van der Waals surface area contributed by atoms with Crippen molar-refractivity contribution in [3.05, 3.63) is 0 Å². The van der Waals surface area contributed by atoms with Crippen molar-refractivity contribution in [3.63, 3.8) is 0 Å². The van der Waals surface area contributed by atoms with Crippen LogP contribution >= 0.6 is 11.8 Å². The molecule has 12 heteroatoms. The van der Waals surface area contributed by atoms with Crippen LogP contribution in [-0.4, -0.2) is 77.0 Å². The lowest BCUT2D eigenvalue weighted by atomic mass is 9.97. The van der Waals surface area contributed by atoms with Gasteiger partial charge in [0.15, 0.2) is 12.2 Å². The molecule has 1 amide bonds. The third-order valence-corrected chi connectivity index (χ3v) is 4.84. The lowest BCUT2D eigenvalue weighted by Crippen LogP contribution is -2.65. The number of aliphatic carboxylic acids is 1. The number of hydrogen-bond acceptors (Lipinski definition) is 10. The first-order valence-electron chi connectivity index (χ1n) is 8.75. The molecule has 0 saturated carbocycles. The van der Waals surface area contributed by atoms with Crippen molar-refractivity contribution < 1.29 is 48.0 Å². The number of rotatable bonds is 9. The first-order chi connectivity index (χ1) is 13.5. The zero-order valence-electron chi connectivity index (χ0n) is 16.5. The fourth-order valence-electron chi connectivity index (χ4n) is 2.70. The van der Waals surface area contributed by atoms with Gasteiger partial charge in [-0.25, -0.2) is 0 Å². The molecule has 0 aliphatic carbocycles. The molecule has 1 aliphatic heterocycles. The monoisotopic (exact) mass is 435 g/mol. The van der Waals surface area contributed by atoms with Gasteiger partial charge in [0, 0.05) is 33.4 Å². The quantitative estimate of drug-likeness (QED) is 0.367. The molecule has 1 heterocycles. The summed E-state index contributed by atoms with van der Waals surface area (Å²) in [4.78, 5) is 57.0. The van der Waals surface area contributed by atoms with Gasteiger partial charge in [0.25, 0.3) is 0 Å². The summed E-state index contributed by atoms with van der Waals surface area (Å²) in [6.45, 7) is 4.43. The van der Waals surface area contributed by atoms with Crippen molar-refractivity contribution in [2.24, 2.45) is 0 Å². The van der Waals surface area contributed by atoms with Crippen LogP contribution in [-0.2, 0) is 42.9 Å². The minimum atomic E-state index is -1.16. The number of amides is 1. The smallest absolute Gasteiger partial charge is 0.304 e. The summed E-state index contributed by atoms with van der Waals surface area (Å²) in [5.74, 6) is -3.32. The normalized spacial score (nSPS) is 26.1. The highest BCUT2D eigenvalue weighted by molar-refractivity contribution is 7.99. The fourth-order valence-corrected chi connectivity index (χ4v) is 3.87. The van der Waals surface area contributed by atoms with Gasteiger partial charge in [-0.15, -0.1) is 11.8 Å². The van der Waals surface area contributed by atoms with Gasteiger partial charge in [-0.1, -0.05) is 0 Å². The van der Waals surface area contributed by atoms with Crippen LogP contribution in [0.5, 0.6) is 0 Å². The van der Waals surface area contributed by atoms with E-state index < -0.39 is 59.6 Å². The van der Waals surface area contributed by atoms with Gasteiger partial charge in [-0.3, -0.25) is 24.0 Å². The Labute approximate surface area is 171 Å². The lowest BCUT2D eigenvalue weighted by molar-refractivity contribution is -0.211. The van der Waals surface area contributed by atoms with Crippen molar-refractivity contribution >= 4 is 41.5 Å². The molecule has 1 rings (SSSR count). The maximum absolute atomic E-state index is 11.7. The van der Waals surface area contributed by atoms with Gasteiger partial charge in [0.2, 0.25) is 5.91 Å². The van der Waals surface area contributed by atoms with Gasteiger partial charge < -0.3 is 29.4 Å². The predicted molar refractivity (Wildman–Crippen MR) is 98.7 cm³/mol. The topological polar surface area (TPSA) is 155 Å². The summed E-state index contributed by atoms with van der Waals surface area (Å²) >= 11 is 1.08. The van der Waals surface area contributed by atoms with E-state index in [1.165, 1.54) is 13.8 Å². The SMILES string of the molecule is CC(=O)N[C@@H]1[C@@H](OC(C)=O)[C@H](OC(C)=O)[C@@H](COC(C)=O)O[C@H]1SCCC(=O)O. The van der Waals surface area contributed by atoms with Crippen molar-refractivity contribution in [1.82, 2.24) is 5.32 Å². The number of thioether (sulfide) groups is 1. The molecular weight excluding hydrogens is 410 g/mol. The van der Waals surface area contributed by atoms with E-state index >= 15 is 0 Å².